The van der Waals surface area contributed by atoms with Crippen LogP contribution in [-0.4, -0.2) is 25.0 Å². The standard InChI is InChI=1S/C15H26N2O/c18-15(17-14-7-8-16-10-14)13-6-5-11-3-1-2-4-12(11)9-13/h11-14,16H,1-10H2,(H,17,18)/t11?,12?,13?,14-/m1/s1. The molecule has 4 atom stereocenters. The maximum atomic E-state index is 12.3. The molecular formula is C15H26N2O. The Morgan fingerprint density at radius 1 is 1.00 bits per heavy atom. The van der Waals surface area contributed by atoms with Gasteiger partial charge in [0, 0.05) is 18.5 Å². The van der Waals surface area contributed by atoms with Crippen LogP contribution in [0.15, 0.2) is 0 Å². The average Bonchev–Trinajstić information content (AvgIpc) is 2.91. The van der Waals surface area contributed by atoms with Gasteiger partial charge in [-0.3, -0.25) is 4.79 Å². The molecule has 0 aromatic carbocycles. The Morgan fingerprint density at radius 3 is 2.61 bits per heavy atom. The van der Waals surface area contributed by atoms with Crippen molar-refractivity contribution in [1.82, 2.24) is 10.6 Å². The Balaban J connectivity index is 1.51. The molecule has 0 spiro atoms. The van der Waals surface area contributed by atoms with E-state index in [2.05, 4.69) is 10.6 Å². The first-order chi connectivity index (χ1) is 8.83. The summed E-state index contributed by atoms with van der Waals surface area (Å²) in [6.45, 7) is 2.02. The number of amides is 1. The molecule has 1 amide bonds. The van der Waals surface area contributed by atoms with Crippen LogP contribution in [0, 0.1) is 17.8 Å². The molecule has 3 unspecified atom stereocenters. The fraction of sp³-hybridized carbons (Fsp3) is 0.933. The fourth-order valence-corrected chi connectivity index (χ4v) is 4.21. The monoisotopic (exact) mass is 250 g/mol. The van der Waals surface area contributed by atoms with E-state index in [9.17, 15) is 4.79 Å². The third-order valence-electron chi connectivity index (χ3n) is 5.32. The summed E-state index contributed by atoms with van der Waals surface area (Å²) in [5.74, 6) is 2.44. The molecule has 0 bridgehead atoms. The zero-order valence-electron chi connectivity index (χ0n) is 11.3. The Labute approximate surface area is 110 Å². The predicted molar refractivity (Wildman–Crippen MR) is 72.2 cm³/mol. The van der Waals surface area contributed by atoms with Crippen LogP contribution in [0.2, 0.25) is 0 Å². The van der Waals surface area contributed by atoms with E-state index in [0.717, 1.165) is 44.2 Å². The lowest BCUT2D eigenvalue weighted by Crippen LogP contribution is -2.42. The fourth-order valence-electron chi connectivity index (χ4n) is 4.21. The average molecular weight is 250 g/mol. The lowest BCUT2D eigenvalue weighted by molar-refractivity contribution is -0.127. The second kappa shape index (κ2) is 5.60. The van der Waals surface area contributed by atoms with Crippen molar-refractivity contribution in [2.45, 2.75) is 57.4 Å². The second-order valence-corrected chi connectivity index (χ2v) is 6.51. The zero-order valence-corrected chi connectivity index (χ0v) is 11.3. The molecule has 3 rings (SSSR count). The lowest BCUT2D eigenvalue weighted by Gasteiger charge is -2.39. The topological polar surface area (TPSA) is 41.1 Å². The number of hydrogen-bond acceptors (Lipinski definition) is 2. The van der Waals surface area contributed by atoms with Gasteiger partial charge in [0.05, 0.1) is 0 Å². The van der Waals surface area contributed by atoms with Crippen molar-refractivity contribution in [3.8, 4) is 0 Å². The van der Waals surface area contributed by atoms with Crippen LogP contribution < -0.4 is 10.6 Å². The Morgan fingerprint density at radius 2 is 1.83 bits per heavy atom. The summed E-state index contributed by atoms with van der Waals surface area (Å²) in [7, 11) is 0. The minimum absolute atomic E-state index is 0.310. The number of carbonyl (C=O) groups is 1. The Bertz CT molecular complexity index is 299. The maximum absolute atomic E-state index is 12.3. The van der Waals surface area contributed by atoms with Crippen LogP contribution in [0.5, 0.6) is 0 Å². The van der Waals surface area contributed by atoms with Crippen molar-refractivity contribution < 1.29 is 4.79 Å². The maximum Gasteiger partial charge on any atom is 0.223 e. The summed E-state index contributed by atoms with van der Waals surface area (Å²) in [6, 6.07) is 0.390. The van der Waals surface area contributed by atoms with Gasteiger partial charge in [-0.2, -0.15) is 0 Å². The summed E-state index contributed by atoms with van der Waals surface area (Å²) in [4.78, 5) is 12.3. The third-order valence-corrected chi connectivity index (χ3v) is 5.32. The normalized spacial score (nSPS) is 40.2. The molecule has 3 heteroatoms. The van der Waals surface area contributed by atoms with Crippen LogP contribution >= 0.6 is 0 Å². The van der Waals surface area contributed by atoms with Crippen molar-refractivity contribution >= 4 is 5.91 Å². The molecule has 0 aromatic heterocycles. The summed E-state index contributed by atoms with van der Waals surface area (Å²) in [5.41, 5.74) is 0. The van der Waals surface area contributed by atoms with E-state index in [1.54, 1.807) is 0 Å². The Kier molecular flexibility index (Phi) is 3.88. The molecule has 0 radical (unpaired) electrons. The molecule has 3 fully saturated rings. The number of carbonyl (C=O) groups excluding carboxylic acids is 1. The third kappa shape index (κ3) is 2.71. The molecule has 3 aliphatic rings. The van der Waals surface area contributed by atoms with Gasteiger partial charge in [-0.25, -0.2) is 0 Å². The summed E-state index contributed by atoms with van der Waals surface area (Å²) in [5, 5.41) is 6.55. The van der Waals surface area contributed by atoms with E-state index in [4.69, 9.17) is 0 Å². The minimum Gasteiger partial charge on any atom is -0.352 e. The van der Waals surface area contributed by atoms with Gasteiger partial charge in [-0.05, 0) is 44.1 Å². The van der Waals surface area contributed by atoms with E-state index >= 15 is 0 Å². The van der Waals surface area contributed by atoms with Crippen LogP contribution in [0.4, 0.5) is 0 Å². The van der Waals surface area contributed by atoms with Crippen LogP contribution in [0.3, 0.4) is 0 Å². The van der Waals surface area contributed by atoms with Crippen molar-refractivity contribution in [1.29, 1.82) is 0 Å². The van der Waals surface area contributed by atoms with Gasteiger partial charge >= 0.3 is 0 Å². The predicted octanol–water partition coefficient (Wildman–Crippen LogP) is 2.07. The first-order valence-electron chi connectivity index (χ1n) is 7.84. The number of nitrogens with one attached hydrogen (secondary N) is 2. The van der Waals surface area contributed by atoms with E-state index < -0.39 is 0 Å². The van der Waals surface area contributed by atoms with Crippen molar-refractivity contribution in [2.24, 2.45) is 17.8 Å². The highest BCUT2D eigenvalue weighted by molar-refractivity contribution is 5.79. The van der Waals surface area contributed by atoms with Gasteiger partial charge in [-0.15, -0.1) is 0 Å². The highest BCUT2D eigenvalue weighted by Gasteiger charge is 2.35. The molecule has 3 nitrogen and oxygen atoms in total. The smallest absolute Gasteiger partial charge is 0.223 e. The minimum atomic E-state index is 0.310. The van der Waals surface area contributed by atoms with Gasteiger partial charge in [0.15, 0.2) is 0 Å². The Hall–Kier alpha value is -0.570. The molecule has 2 aliphatic carbocycles. The number of hydrogen-bond donors (Lipinski definition) is 2. The summed E-state index contributed by atoms with van der Waals surface area (Å²) in [6.07, 6.45) is 10.3. The van der Waals surface area contributed by atoms with Crippen molar-refractivity contribution in [3.63, 3.8) is 0 Å². The zero-order chi connectivity index (χ0) is 12.4. The van der Waals surface area contributed by atoms with Gasteiger partial charge in [0.25, 0.3) is 0 Å². The van der Waals surface area contributed by atoms with E-state index in [-0.39, 0.29) is 0 Å². The van der Waals surface area contributed by atoms with Gasteiger partial charge in [0.2, 0.25) is 5.91 Å². The summed E-state index contributed by atoms with van der Waals surface area (Å²) >= 11 is 0. The van der Waals surface area contributed by atoms with Gasteiger partial charge in [-0.1, -0.05) is 25.7 Å². The van der Waals surface area contributed by atoms with Gasteiger partial charge < -0.3 is 10.6 Å². The lowest BCUT2D eigenvalue weighted by atomic mass is 9.67. The van der Waals surface area contributed by atoms with E-state index in [0.29, 0.717) is 17.9 Å². The largest absolute Gasteiger partial charge is 0.352 e. The van der Waals surface area contributed by atoms with Crippen molar-refractivity contribution in [3.05, 3.63) is 0 Å². The first-order valence-corrected chi connectivity index (χ1v) is 7.84. The number of rotatable bonds is 2. The van der Waals surface area contributed by atoms with E-state index in [1.165, 1.54) is 32.1 Å². The molecule has 2 saturated carbocycles. The molecular weight excluding hydrogens is 224 g/mol. The SMILES string of the molecule is O=C(N[C@@H]1CCNC1)C1CCC2CCCCC2C1. The molecule has 1 aliphatic heterocycles. The number of fused-ring (bicyclic) bond motifs is 1. The highest BCUT2D eigenvalue weighted by Crippen LogP contribution is 2.42. The second-order valence-electron chi connectivity index (χ2n) is 6.51. The quantitative estimate of drug-likeness (QED) is 0.788. The molecule has 2 N–H and O–H groups in total. The molecule has 1 saturated heterocycles. The first kappa shape index (κ1) is 12.5. The van der Waals surface area contributed by atoms with Crippen LogP contribution in [0.1, 0.15) is 51.4 Å². The van der Waals surface area contributed by atoms with Crippen molar-refractivity contribution in [2.75, 3.05) is 13.1 Å². The molecule has 1 heterocycles. The van der Waals surface area contributed by atoms with Crippen LogP contribution in [0.25, 0.3) is 0 Å². The van der Waals surface area contributed by atoms with E-state index in [1.807, 2.05) is 0 Å². The van der Waals surface area contributed by atoms with Crippen LogP contribution in [-0.2, 0) is 4.79 Å². The van der Waals surface area contributed by atoms with Gasteiger partial charge in [0.1, 0.15) is 0 Å². The highest BCUT2D eigenvalue weighted by atomic mass is 16.1. The molecule has 102 valence electrons. The summed E-state index contributed by atoms with van der Waals surface area (Å²) < 4.78 is 0. The molecule has 0 aromatic rings. The molecule has 18 heavy (non-hydrogen) atoms.